The molecule has 0 bridgehead atoms. The minimum absolute atomic E-state index is 0.145. The predicted molar refractivity (Wildman–Crippen MR) is 111 cm³/mol. The molecule has 1 aliphatic rings. The molecule has 2 aromatic heterocycles. The first-order valence-corrected chi connectivity index (χ1v) is 9.98. The number of primary amides is 1. The van der Waals surface area contributed by atoms with Crippen molar-refractivity contribution >= 4 is 17.5 Å². The van der Waals surface area contributed by atoms with Crippen LogP contribution in [0.5, 0.6) is 0 Å². The minimum atomic E-state index is -0.400. The summed E-state index contributed by atoms with van der Waals surface area (Å²) in [6.45, 7) is 5.70. The topological polar surface area (TPSA) is 103 Å². The number of likely N-dealkylation sites (tertiary alicyclic amines) is 1. The van der Waals surface area contributed by atoms with E-state index >= 15 is 0 Å². The summed E-state index contributed by atoms with van der Waals surface area (Å²) in [5.74, 6) is -0.930. The van der Waals surface area contributed by atoms with Gasteiger partial charge in [0.25, 0.3) is 0 Å². The summed E-state index contributed by atoms with van der Waals surface area (Å²) >= 11 is 0. The van der Waals surface area contributed by atoms with Crippen LogP contribution in [-0.4, -0.2) is 50.6 Å². The monoisotopic (exact) mass is 407 g/mol. The molecule has 156 valence electrons. The lowest BCUT2D eigenvalue weighted by atomic mass is 10.0. The standard InChI is InChI=1S/C22H25N5O3/c1-14-8-15(2)27-21(25-14)18(10-24-27)12-26-11-17(9-20(23)28)19(13-26)30-22(29)16-6-4-3-5-7-16/h3-8,10,17,19H,9,11-13H2,1-2H3,(H2,23,28)/t17-,19+/m0/s1. The van der Waals surface area contributed by atoms with Crippen molar-refractivity contribution < 1.29 is 14.3 Å². The molecule has 3 aromatic rings. The highest BCUT2D eigenvalue weighted by atomic mass is 16.5. The van der Waals surface area contributed by atoms with Gasteiger partial charge in [-0.05, 0) is 32.0 Å². The smallest absolute Gasteiger partial charge is 0.338 e. The first kappa shape index (κ1) is 20.0. The molecule has 1 amide bonds. The quantitative estimate of drug-likeness (QED) is 0.626. The zero-order chi connectivity index (χ0) is 21.3. The number of nitrogens with two attached hydrogens (primary N) is 1. The Bertz CT molecular complexity index is 1080. The molecular formula is C22H25N5O3. The molecule has 30 heavy (non-hydrogen) atoms. The van der Waals surface area contributed by atoms with E-state index in [-0.39, 0.29) is 18.3 Å². The number of fused-ring (bicyclic) bond motifs is 1. The summed E-state index contributed by atoms with van der Waals surface area (Å²) in [7, 11) is 0. The lowest BCUT2D eigenvalue weighted by Crippen LogP contribution is -2.29. The maximum Gasteiger partial charge on any atom is 0.338 e. The summed E-state index contributed by atoms with van der Waals surface area (Å²) < 4.78 is 7.59. The van der Waals surface area contributed by atoms with Crippen molar-refractivity contribution in [1.29, 1.82) is 0 Å². The number of esters is 1. The number of aromatic nitrogens is 3. The van der Waals surface area contributed by atoms with Crippen LogP contribution in [0.2, 0.25) is 0 Å². The molecule has 1 aliphatic heterocycles. The summed E-state index contributed by atoms with van der Waals surface area (Å²) in [6, 6.07) is 10.8. The Morgan fingerprint density at radius 2 is 1.97 bits per heavy atom. The van der Waals surface area contributed by atoms with Crippen LogP contribution in [0.3, 0.4) is 0 Å². The first-order valence-electron chi connectivity index (χ1n) is 9.98. The summed E-state index contributed by atoms with van der Waals surface area (Å²) in [5, 5.41) is 4.44. The van der Waals surface area contributed by atoms with E-state index in [1.165, 1.54) is 0 Å². The Kier molecular flexibility index (Phi) is 5.50. The van der Waals surface area contributed by atoms with E-state index in [4.69, 9.17) is 10.5 Å². The highest BCUT2D eigenvalue weighted by Gasteiger charge is 2.37. The van der Waals surface area contributed by atoms with Crippen LogP contribution in [0.15, 0.2) is 42.6 Å². The largest absolute Gasteiger partial charge is 0.457 e. The van der Waals surface area contributed by atoms with Crippen LogP contribution in [0.1, 0.15) is 33.7 Å². The van der Waals surface area contributed by atoms with Gasteiger partial charge in [-0.15, -0.1) is 0 Å². The van der Waals surface area contributed by atoms with Crippen molar-refractivity contribution in [3.05, 3.63) is 65.1 Å². The van der Waals surface area contributed by atoms with Gasteiger partial charge in [0, 0.05) is 48.9 Å². The Balaban J connectivity index is 1.51. The number of hydrogen-bond acceptors (Lipinski definition) is 6. The molecule has 1 aromatic carbocycles. The Morgan fingerprint density at radius 3 is 2.70 bits per heavy atom. The molecule has 1 fully saturated rings. The molecule has 8 nitrogen and oxygen atoms in total. The summed E-state index contributed by atoms with van der Waals surface area (Å²) in [5.41, 5.74) is 9.71. The Morgan fingerprint density at radius 1 is 1.20 bits per heavy atom. The van der Waals surface area contributed by atoms with E-state index in [1.54, 1.807) is 24.3 Å². The number of aryl methyl sites for hydroxylation is 2. The number of amides is 1. The second-order valence-corrected chi connectivity index (χ2v) is 7.88. The van der Waals surface area contributed by atoms with Crippen LogP contribution >= 0.6 is 0 Å². The number of carbonyl (C=O) groups is 2. The van der Waals surface area contributed by atoms with Crippen LogP contribution in [0.4, 0.5) is 0 Å². The Hall–Kier alpha value is -3.26. The molecule has 8 heteroatoms. The molecule has 0 saturated carbocycles. The number of nitrogens with zero attached hydrogens (tertiary/aromatic N) is 4. The second-order valence-electron chi connectivity index (χ2n) is 7.88. The molecule has 3 heterocycles. The third kappa shape index (κ3) is 4.18. The van der Waals surface area contributed by atoms with Crippen molar-refractivity contribution in [1.82, 2.24) is 19.5 Å². The van der Waals surface area contributed by atoms with Crippen molar-refractivity contribution in [2.75, 3.05) is 13.1 Å². The molecule has 1 saturated heterocycles. The summed E-state index contributed by atoms with van der Waals surface area (Å²) in [4.78, 5) is 30.9. The van der Waals surface area contributed by atoms with Gasteiger partial charge in [-0.25, -0.2) is 14.3 Å². The number of benzene rings is 1. The normalized spacial score (nSPS) is 19.3. The van der Waals surface area contributed by atoms with E-state index in [0.29, 0.717) is 25.2 Å². The summed E-state index contributed by atoms with van der Waals surface area (Å²) in [6.07, 6.45) is 1.60. The van der Waals surface area contributed by atoms with Gasteiger partial charge in [-0.3, -0.25) is 9.69 Å². The second kappa shape index (κ2) is 8.23. The van der Waals surface area contributed by atoms with E-state index < -0.39 is 12.0 Å². The molecule has 0 spiro atoms. The van der Waals surface area contributed by atoms with Gasteiger partial charge >= 0.3 is 5.97 Å². The van der Waals surface area contributed by atoms with Gasteiger partial charge in [0.05, 0.1) is 11.8 Å². The van der Waals surface area contributed by atoms with Crippen LogP contribution in [-0.2, 0) is 16.1 Å². The number of ether oxygens (including phenoxy) is 1. The fourth-order valence-electron chi connectivity index (χ4n) is 4.09. The minimum Gasteiger partial charge on any atom is -0.457 e. The molecule has 0 unspecified atom stereocenters. The van der Waals surface area contributed by atoms with Crippen molar-refractivity contribution in [3.63, 3.8) is 0 Å². The molecular weight excluding hydrogens is 382 g/mol. The highest BCUT2D eigenvalue weighted by Crippen LogP contribution is 2.26. The van der Waals surface area contributed by atoms with Crippen molar-refractivity contribution in [3.8, 4) is 0 Å². The lowest BCUT2D eigenvalue weighted by Gasteiger charge is -2.18. The molecule has 4 rings (SSSR count). The predicted octanol–water partition coefficient (Wildman–Crippen LogP) is 1.88. The van der Waals surface area contributed by atoms with Gasteiger partial charge in [0.2, 0.25) is 5.91 Å². The maximum atomic E-state index is 12.5. The van der Waals surface area contributed by atoms with Crippen molar-refractivity contribution in [2.45, 2.75) is 32.9 Å². The van der Waals surface area contributed by atoms with E-state index in [1.807, 2.05) is 36.7 Å². The highest BCUT2D eigenvalue weighted by molar-refractivity contribution is 5.89. The number of rotatable bonds is 6. The van der Waals surface area contributed by atoms with E-state index in [9.17, 15) is 9.59 Å². The fraction of sp³-hybridized carbons (Fsp3) is 0.364. The van der Waals surface area contributed by atoms with Gasteiger partial charge in [-0.1, -0.05) is 18.2 Å². The molecule has 2 N–H and O–H groups in total. The van der Waals surface area contributed by atoms with Crippen LogP contribution < -0.4 is 5.73 Å². The average Bonchev–Trinajstić information content (AvgIpc) is 3.26. The third-order valence-electron chi connectivity index (χ3n) is 5.43. The Labute approximate surface area is 174 Å². The SMILES string of the molecule is Cc1cc(C)n2ncc(CN3C[C@H](CC(N)=O)[C@H](OC(=O)c4ccccc4)C3)c2n1. The van der Waals surface area contributed by atoms with Gasteiger partial charge in [-0.2, -0.15) is 5.10 Å². The zero-order valence-corrected chi connectivity index (χ0v) is 17.1. The molecule has 2 atom stereocenters. The van der Waals surface area contributed by atoms with Gasteiger partial charge in [0.1, 0.15) is 6.10 Å². The average molecular weight is 407 g/mol. The fourth-order valence-corrected chi connectivity index (χ4v) is 4.09. The maximum absolute atomic E-state index is 12.5. The molecule has 0 aliphatic carbocycles. The van der Waals surface area contributed by atoms with Crippen LogP contribution in [0, 0.1) is 19.8 Å². The first-order chi connectivity index (χ1) is 14.4. The van der Waals surface area contributed by atoms with Gasteiger partial charge in [0.15, 0.2) is 5.65 Å². The molecule has 0 radical (unpaired) electrons. The number of carbonyl (C=O) groups excluding carboxylic acids is 2. The van der Waals surface area contributed by atoms with E-state index in [0.717, 1.165) is 22.6 Å². The third-order valence-corrected chi connectivity index (χ3v) is 5.43. The van der Waals surface area contributed by atoms with Crippen molar-refractivity contribution in [2.24, 2.45) is 11.7 Å². The lowest BCUT2D eigenvalue weighted by molar-refractivity contribution is -0.119. The zero-order valence-electron chi connectivity index (χ0n) is 17.1. The van der Waals surface area contributed by atoms with Crippen LogP contribution in [0.25, 0.3) is 5.65 Å². The van der Waals surface area contributed by atoms with E-state index in [2.05, 4.69) is 15.0 Å². The van der Waals surface area contributed by atoms with Gasteiger partial charge < -0.3 is 10.5 Å². The number of hydrogen-bond donors (Lipinski definition) is 1.